The lowest BCUT2D eigenvalue weighted by molar-refractivity contribution is 0.0262. The highest BCUT2D eigenvalue weighted by Gasteiger charge is 2.19. The molecule has 0 aliphatic carbocycles. The van der Waals surface area contributed by atoms with Gasteiger partial charge in [-0.05, 0) is 12.1 Å². The average molecular weight is 209 g/mol. The highest BCUT2D eigenvalue weighted by Crippen LogP contribution is 2.31. The van der Waals surface area contributed by atoms with Crippen LogP contribution in [0.15, 0.2) is 18.2 Å². The summed E-state index contributed by atoms with van der Waals surface area (Å²) in [6.45, 7) is 2.37. The summed E-state index contributed by atoms with van der Waals surface area (Å²) in [7, 11) is 1.59. The van der Waals surface area contributed by atoms with Crippen molar-refractivity contribution in [1.29, 1.82) is 0 Å². The molecule has 1 saturated heterocycles. The van der Waals surface area contributed by atoms with Gasteiger partial charge in [-0.15, -0.1) is 0 Å². The number of methoxy groups -OCH3 is 1. The number of phenols is 1. The fourth-order valence-corrected chi connectivity index (χ4v) is 1.73. The molecular formula is C11H15NO3. The smallest absolute Gasteiger partial charge is 0.128 e. The molecule has 1 unspecified atom stereocenters. The minimum absolute atomic E-state index is 0.00861. The van der Waals surface area contributed by atoms with Crippen molar-refractivity contribution in [2.24, 2.45) is 0 Å². The Balaban J connectivity index is 2.25. The zero-order valence-corrected chi connectivity index (χ0v) is 8.69. The second kappa shape index (κ2) is 4.51. The molecule has 4 heteroatoms. The summed E-state index contributed by atoms with van der Waals surface area (Å²) in [5.41, 5.74) is 0.975. The van der Waals surface area contributed by atoms with E-state index in [1.807, 2.05) is 6.07 Å². The topological polar surface area (TPSA) is 50.7 Å². The van der Waals surface area contributed by atoms with Crippen LogP contribution in [-0.4, -0.2) is 31.9 Å². The second-order valence-corrected chi connectivity index (χ2v) is 3.49. The van der Waals surface area contributed by atoms with Gasteiger partial charge in [-0.3, -0.25) is 0 Å². The maximum Gasteiger partial charge on any atom is 0.128 e. The minimum atomic E-state index is 0.00861. The summed E-state index contributed by atoms with van der Waals surface area (Å²) in [5, 5.41) is 12.6. The molecule has 82 valence electrons. The highest BCUT2D eigenvalue weighted by molar-refractivity contribution is 5.41. The zero-order valence-electron chi connectivity index (χ0n) is 8.69. The van der Waals surface area contributed by atoms with Gasteiger partial charge in [-0.2, -0.15) is 0 Å². The van der Waals surface area contributed by atoms with Crippen molar-refractivity contribution in [2.45, 2.75) is 6.10 Å². The molecule has 2 N–H and O–H groups in total. The van der Waals surface area contributed by atoms with Crippen molar-refractivity contribution in [2.75, 3.05) is 26.8 Å². The number of hydrogen-bond acceptors (Lipinski definition) is 4. The Morgan fingerprint density at radius 2 is 2.40 bits per heavy atom. The van der Waals surface area contributed by atoms with E-state index in [0.29, 0.717) is 12.4 Å². The predicted molar refractivity (Wildman–Crippen MR) is 56.2 cm³/mol. The molecule has 0 radical (unpaired) electrons. The maximum absolute atomic E-state index is 9.33. The first-order chi connectivity index (χ1) is 7.31. The maximum atomic E-state index is 9.33. The molecule has 0 bridgehead atoms. The third-order valence-electron chi connectivity index (χ3n) is 2.49. The Labute approximate surface area is 88.8 Å². The Hall–Kier alpha value is -1.26. The normalized spacial score (nSPS) is 21.3. The second-order valence-electron chi connectivity index (χ2n) is 3.49. The number of benzene rings is 1. The number of hydrogen-bond donors (Lipinski definition) is 2. The summed E-state index contributed by atoms with van der Waals surface area (Å²) < 4.78 is 10.8. The number of aromatic hydroxyl groups is 1. The van der Waals surface area contributed by atoms with Gasteiger partial charge in [-0.25, -0.2) is 0 Å². The summed E-state index contributed by atoms with van der Waals surface area (Å²) in [6, 6.07) is 5.09. The summed E-state index contributed by atoms with van der Waals surface area (Å²) in [4.78, 5) is 0. The fraction of sp³-hybridized carbons (Fsp3) is 0.455. The highest BCUT2D eigenvalue weighted by atomic mass is 16.5. The lowest BCUT2D eigenvalue weighted by atomic mass is 10.1. The standard InChI is InChI=1S/C11H15NO3/c1-14-10-6-8(13)2-3-9(10)11-7-12-4-5-15-11/h2-3,6,11-13H,4-5,7H2,1H3. The largest absolute Gasteiger partial charge is 0.508 e. The molecule has 0 amide bonds. The average Bonchev–Trinajstić information content (AvgIpc) is 2.30. The van der Waals surface area contributed by atoms with Gasteiger partial charge in [0, 0.05) is 24.7 Å². The molecule has 1 aliphatic heterocycles. The van der Waals surface area contributed by atoms with Crippen molar-refractivity contribution in [3.63, 3.8) is 0 Å². The van der Waals surface area contributed by atoms with Crippen LogP contribution in [0.25, 0.3) is 0 Å². The SMILES string of the molecule is COc1cc(O)ccc1C1CNCCO1. The van der Waals surface area contributed by atoms with Gasteiger partial charge in [0.25, 0.3) is 0 Å². The molecule has 1 aromatic rings. The first kappa shape index (κ1) is 10.3. The predicted octanol–water partition coefficient (Wildman–Crippen LogP) is 1.06. The van der Waals surface area contributed by atoms with E-state index in [0.717, 1.165) is 18.7 Å². The van der Waals surface area contributed by atoms with E-state index in [9.17, 15) is 5.11 Å². The molecule has 0 spiro atoms. The zero-order chi connectivity index (χ0) is 10.7. The van der Waals surface area contributed by atoms with Gasteiger partial charge in [0.2, 0.25) is 0 Å². The van der Waals surface area contributed by atoms with Crippen molar-refractivity contribution in [3.8, 4) is 11.5 Å². The van der Waals surface area contributed by atoms with Gasteiger partial charge in [-0.1, -0.05) is 0 Å². The molecule has 1 aromatic carbocycles. The quantitative estimate of drug-likeness (QED) is 0.764. The van der Waals surface area contributed by atoms with Crippen molar-refractivity contribution >= 4 is 0 Å². The molecule has 1 fully saturated rings. The molecule has 0 aromatic heterocycles. The molecule has 0 saturated carbocycles. The fourth-order valence-electron chi connectivity index (χ4n) is 1.73. The first-order valence-corrected chi connectivity index (χ1v) is 5.00. The molecule has 1 atom stereocenters. The van der Waals surface area contributed by atoms with Gasteiger partial charge in [0.1, 0.15) is 11.5 Å². The van der Waals surface area contributed by atoms with E-state index < -0.39 is 0 Å². The Bertz CT molecular complexity index is 335. The van der Waals surface area contributed by atoms with Crippen molar-refractivity contribution in [3.05, 3.63) is 23.8 Å². The third kappa shape index (κ3) is 2.22. The number of rotatable bonds is 2. The number of phenolic OH excluding ortho intramolecular Hbond substituents is 1. The van der Waals surface area contributed by atoms with Gasteiger partial charge >= 0.3 is 0 Å². The summed E-state index contributed by atoms with van der Waals surface area (Å²) in [5.74, 6) is 0.878. The van der Waals surface area contributed by atoms with E-state index in [2.05, 4.69) is 5.32 Å². The van der Waals surface area contributed by atoms with Crippen LogP contribution < -0.4 is 10.1 Å². The van der Waals surface area contributed by atoms with Crippen LogP contribution in [0.3, 0.4) is 0 Å². The van der Waals surface area contributed by atoms with E-state index in [-0.39, 0.29) is 11.9 Å². The van der Waals surface area contributed by atoms with Crippen LogP contribution >= 0.6 is 0 Å². The van der Waals surface area contributed by atoms with Gasteiger partial charge in [0.05, 0.1) is 19.8 Å². The molecule has 2 rings (SSSR count). The molecule has 1 heterocycles. The lowest BCUT2D eigenvalue weighted by Crippen LogP contribution is -2.33. The van der Waals surface area contributed by atoms with Crippen LogP contribution in [0, 0.1) is 0 Å². The molecule has 15 heavy (non-hydrogen) atoms. The number of ether oxygens (including phenoxy) is 2. The van der Waals surface area contributed by atoms with Gasteiger partial charge < -0.3 is 19.9 Å². The first-order valence-electron chi connectivity index (χ1n) is 5.00. The van der Waals surface area contributed by atoms with E-state index in [4.69, 9.17) is 9.47 Å². The molecule has 4 nitrogen and oxygen atoms in total. The monoisotopic (exact) mass is 209 g/mol. The third-order valence-corrected chi connectivity index (χ3v) is 2.49. The van der Waals surface area contributed by atoms with Crippen molar-refractivity contribution < 1.29 is 14.6 Å². The Morgan fingerprint density at radius 3 is 3.07 bits per heavy atom. The number of nitrogens with one attached hydrogen (secondary N) is 1. The van der Waals surface area contributed by atoms with E-state index in [1.54, 1.807) is 19.2 Å². The Morgan fingerprint density at radius 1 is 1.53 bits per heavy atom. The van der Waals surface area contributed by atoms with Crippen LogP contribution in [0.5, 0.6) is 11.5 Å². The Kier molecular flexibility index (Phi) is 3.08. The minimum Gasteiger partial charge on any atom is -0.508 e. The van der Waals surface area contributed by atoms with E-state index >= 15 is 0 Å². The molecule has 1 aliphatic rings. The van der Waals surface area contributed by atoms with E-state index in [1.165, 1.54) is 0 Å². The van der Waals surface area contributed by atoms with Crippen LogP contribution in [0.4, 0.5) is 0 Å². The number of morpholine rings is 1. The summed E-state index contributed by atoms with van der Waals surface area (Å²) in [6.07, 6.45) is 0.00861. The van der Waals surface area contributed by atoms with Gasteiger partial charge in [0.15, 0.2) is 0 Å². The van der Waals surface area contributed by atoms with Crippen LogP contribution in [0.1, 0.15) is 11.7 Å². The lowest BCUT2D eigenvalue weighted by Gasteiger charge is -2.25. The van der Waals surface area contributed by atoms with Crippen LogP contribution in [-0.2, 0) is 4.74 Å². The van der Waals surface area contributed by atoms with Crippen LogP contribution in [0.2, 0.25) is 0 Å². The molecular weight excluding hydrogens is 194 g/mol. The van der Waals surface area contributed by atoms with Crippen molar-refractivity contribution in [1.82, 2.24) is 5.32 Å². The summed E-state index contributed by atoms with van der Waals surface area (Å²) >= 11 is 0.